The average Bonchev–Trinajstić information content (AvgIpc) is 3.14. The van der Waals surface area contributed by atoms with Gasteiger partial charge in [0.2, 0.25) is 0 Å². The molecule has 1 aromatic carbocycles. The van der Waals surface area contributed by atoms with Crippen LogP contribution in [0.4, 0.5) is 0 Å². The second kappa shape index (κ2) is 5.38. The molecule has 1 spiro atoms. The molecule has 2 heterocycles. The van der Waals surface area contributed by atoms with E-state index in [1.54, 1.807) is 0 Å². The van der Waals surface area contributed by atoms with Crippen LogP contribution < -0.4 is 5.73 Å². The van der Waals surface area contributed by atoms with Crippen molar-refractivity contribution in [2.45, 2.75) is 50.2 Å². The van der Waals surface area contributed by atoms with Crippen LogP contribution in [0.15, 0.2) is 29.6 Å². The first kappa shape index (κ1) is 13.7. The normalized spacial score (nSPS) is 26.4. The number of nitrogens with two attached hydrogens (primary N) is 1. The summed E-state index contributed by atoms with van der Waals surface area (Å²) >= 11 is 1.82. The summed E-state index contributed by atoms with van der Waals surface area (Å²) < 4.78 is 7.51. The van der Waals surface area contributed by atoms with Crippen molar-refractivity contribution in [3.63, 3.8) is 0 Å². The third kappa shape index (κ3) is 2.41. The summed E-state index contributed by atoms with van der Waals surface area (Å²) in [6.07, 6.45) is 7.37. The van der Waals surface area contributed by atoms with Gasteiger partial charge >= 0.3 is 0 Å². The molecule has 2 atom stereocenters. The van der Waals surface area contributed by atoms with Crippen LogP contribution in [-0.4, -0.2) is 12.2 Å². The molecule has 2 aromatic rings. The second-order valence-corrected chi connectivity index (χ2v) is 7.62. The Morgan fingerprint density at radius 1 is 1.24 bits per heavy atom. The summed E-state index contributed by atoms with van der Waals surface area (Å²) in [6.45, 7) is 0.889. The van der Waals surface area contributed by atoms with Crippen molar-refractivity contribution >= 4 is 21.4 Å². The third-order valence-corrected chi connectivity index (χ3v) is 6.41. The smallest absolute Gasteiger partial charge is 0.0685 e. The van der Waals surface area contributed by atoms with E-state index in [4.69, 9.17) is 10.5 Å². The Bertz CT molecular complexity index is 629. The van der Waals surface area contributed by atoms with Crippen molar-refractivity contribution in [2.75, 3.05) is 6.61 Å². The van der Waals surface area contributed by atoms with E-state index in [1.807, 2.05) is 11.3 Å². The number of hydrogen-bond donors (Lipinski definition) is 1. The van der Waals surface area contributed by atoms with E-state index in [1.165, 1.54) is 41.3 Å². The van der Waals surface area contributed by atoms with E-state index >= 15 is 0 Å². The predicted octanol–water partition coefficient (Wildman–Crippen LogP) is 4.64. The molecule has 2 unspecified atom stereocenters. The van der Waals surface area contributed by atoms with Gasteiger partial charge in [0.15, 0.2) is 0 Å². The summed E-state index contributed by atoms with van der Waals surface area (Å²) in [7, 11) is 0. The van der Waals surface area contributed by atoms with Gasteiger partial charge in [-0.05, 0) is 54.0 Å². The Labute approximate surface area is 130 Å². The lowest BCUT2D eigenvalue weighted by Crippen LogP contribution is -2.40. The van der Waals surface area contributed by atoms with Gasteiger partial charge in [-0.15, -0.1) is 11.3 Å². The van der Waals surface area contributed by atoms with Gasteiger partial charge in [0, 0.05) is 17.3 Å². The highest BCUT2D eigenvalue weighted by Crippen LogP contribution is 2.45. The Morgan fingerprint density at radius 2 is 2.05 bits per heavy atom. The van der Waals surface area contributed by atoms with Crippen LogP contribution in [0.1, 0.15) is 50.1 Å². The van der Waals surface area contributed by atoms with Crippen LogP contribution in [-0.2, 0) is 4.74 Å². The molecule has 1 aromatic heterocycles. The average molecular weight is 301 g/mol. The van der Waals surface area contributed by atoms with Gasteiger partial charge in [0.25, 0.3) is 0 Å². The molecule has 2 nitrogen and oxygen atoms in total. The van der Waals surface area contributed by atoms with E-state index < -0.39 is 0 Å². The van der Waals surface area contributed by atoms with Crippen molar-refractivity contribution in [1.82, 2.24) is 0 Å². The minimum absolute atomic E-state index is 0.155. The van der Waals surface area contributed by atoms with Crippen LogP contribution in [0, 0.1) is 5.92 Å². The molecule has 1 saturated carbocycles. The van der Waals surface area contributed by atoms with E-state index in [0.29, 0.717) is 5.92 Å². The van der Waals surface area contributed by atoms with Crippen molar-refractivity contribution in [2.24, 2.45) is 11.7 Å². The molecular weight excluding hydrogens is 278 g/mol. The molecule has 0 radical (unpaired) electrons. The van der Waals surface area contributed by atoms with E-state index in [0.717, 1.165) is 19.4 Å². The predicted molar refractivity (Wildman–Crippen MR) is 88.6 cm³/mol. The van der Waals surface area contributed by atoms with Gasteiger partial charge in [0.1, 0.15) is 0 Å². The maximum Gasteiger partial charge on any atom is 0.0685 e. The zero-order valence-electron chi connectivity index (χ0n) is 12.4. The molecule has 21 heavy (non-hydrogen) atoms. The van der Waals surface area contributed by atoms with Crippen LogP contribution in [0.3, 0.4) is 0 Å². The first-order valence-corrected chi connectivity index (χ1v) is 9.01. The molecule has 0 bridgehead atoms. The third-order valence-electron chi connectivity index (χ3n) is 5.42. The van der Waals surface area contributed by atoms with E-state index in [-0.39, 0.29) is 11.6 Å². The van der Waals surface area contributed by atoms with Crippen molar-refractivity contribution in [3.8, 4) is 0 Å². The van der Waals surface area contributed by atoms with Gasteiger partial charge < -0.3 is 10.5 Å². The summed E-state index contributed by atoms with van der Waals surface area (Å²) in [5.41, 5.74) is 8.18. The topological polar surface area (TPSA) is 35.2 Å². The molecule has 112 valence electrons. The number of ether oxygens (including phenoxy) is 1. The monoisotopic (exact) mass is 301 g/mol. The van der Waals surface area contributed by atoms with Gasteiger partial charge in [-0.2, -0.15) is 0 Å². The fourth-order valence-electron chi connectivity index (χ4n) is 4.25. The SMILES string of the molecule is NC(c1csc2ccccc12)C1CCOC2(CCCC2)C1. The lowest BCUT2D eigenvalue weighted by atomic mass is 9.79. The minimum atomic E-state index is 0.155. The molecule has 2 N–H and O–H groups in total. The first-order valence-electron chi connectivity index (χ1n) is 8.13. The van der Waals surface area contributed by atoms with Crippen molar-refractivity contribution in [3.05, 3.63) is 35.2 Å². The highest BCUT2D eigenvalue weighted by atomic mass is 32.1. The Balaban J connectivity index is 1.60. The lowest BCUT2D eigenvalue weighted by Gasteiger charge is -2.40. The van der Waals surface area contributed by atoms with Crippen LogP contribution >= 0.6 is 11.3 Å². The Hall–Kier alpha value is -0.900. The molecule has 4 rings (SSSR count). The van der Waals surface area contributed by atoms with Crippen LogP contribution in [0.2, 0.25) is 0 Å². The zero-order chi connectivity index (χ0) is 14.3. The van der Waals surface area contributed by atoms with Crippen LogP contribution in [0.5, 0.6) is 0 Å². The number of rotatable bonds is 2. The lowest BCUT2D eigenvalue weighted by molar-refractivity contribution is -0.0963. The standard InChI is InChI=1S/C18H23NOS/c19-17(15-12-21-16-6-2-1-5-14(15)16)13-7-10-20-18(11-13)8-3-4-9-18/h1-2,5-6,12-13,17H,3-4,7-11,19H2. The largest absolute Gasteiger partial charge is 0.375 e. The van der Waals surface area contributed by atoms with Gasteiger partial charge in [-0.3, -0.25) is 0 Å². The second-order valence-electron chi connectivity index (χ2n) is 6.70. The highest BCUT2D eigenvalue weighted by molar-refractivity contribution is 7.17. The molecular formula is C18H23NOS. The maximum absolute atomic E-state index is 6.68. The van der Waals surface area contributed by atoms with Gasteiger partial charge in [-0.25, -0.2) is 0 Å². The van der Waals surface area contributed by atoms with Crippen molar-refractivity contribution in [1.29, 1.82) is 0 Å². The summed E-state index contributed by atoms with van der Waals surface area (Å²) in [4.78, 5) is 0. The Kier molecular flexibility index (Phi) is 3.52. The molecule has 0 amide bonds. The highest BCUT2D eigenvalue weighted by Gasteiger charge is 2.41. The maximum atomic E-state index is 6.68. The molecule has 2 aliphatic rings. The summed E-state index contributed by atoms with van der Waals surface area (Å²) in [5.74, 6) is 0.565. The molecule has 1 saturated heterocycles. The quantitative estimate of drug-likeness (QED) is 0.877. The number of hydrogen-bond acceptors (Lipinski definition) is 3. The van der Waals surface area contributed by atoms with Crippen LogP contribution in [0.25, 0.3) is 10.1 Å². The zero-order valence-corrected chi connectivity index (χ0v) is 13.2. The number of fused-ring (bicyclic) bond motifs is 1. The molecule has 1 aliphatic heterocycles. The fraction of sp³-hybridized carbons (Fsp3) is 0.556. The molecule has 1 aliphatic carbocycles. The summed E-state index contributed by atoms with van der Waals surface area (Å²) in [6, 6.07) is 8.79. The molecule has 2 fully saturated rings. The fourth-order valence-corrected chi connectivity index (χ4v) is 5.26. The van der Waals surface area contributed by atoms with E-state index in [9.17, 15) is 0 Å². The first-order chi connectivity index (χ1) is 10.3. The number of thiophene rings is 1. The summed E-state index contributed by atoms with van der Waals surface area (Å²) in [5, 5.41) is 3.62. The van der Waals surface area contributed by atoms with Gasteiger partial charge in [-0.1, -0.05) is 31.0 Å². The van der Waals surface area contributed by atoms with Crippen molar-refractivity contribution < 1.29 is 4.74 Å². The van der Waals surface area contributed by atoms with Gasteiger partial charge in [0.05, 0.1) is 5.60 Å². The minimum Gasteiger partial charge on any atom is -0.375 e. The molecule has 3 heteroatoms. The van der Waals surface area contributed by atoms with E-state index in [2.05, 4.69) is 29.6 Å². The Morgan fingerprint density at radius 3 is 2.90 bits per heavy atom. The number of benzene rings is 1.